The van der Waals surface area contributed by atoms with Gasteiger partial charge in [-0.15, -0.1) is 0 Å². The average Bonchev–Trinajstić information content (AvgIpc) is 2.48. The van der Waals surface area contributed by atoms with Gasteiger partial charge in [0.25, 0.3) is 5.91 Å². The number of halogens is 2. The number of amides is 1. The monoisotopic (exact) mass is 291 g/mol. The molecule has 1 N–H and O–H groups in total. The first-order chi connectivity index (χ1) is 9.58. The lowest BCUT2D eigenvalue weighted by Crippen LogP contribution is -2.29. The Labute approximate surface area is 120 Å². The third-order valence-electron chi connectivity index (χ3n) is 2.69. The van der Waals surface area contributed by atoms with Crippen LogP contribution in [0.4, 0.5) is 4.39 Å². The summed E-state index contributed by atoms with van der Waals surface area (Å²) in [7, 11) is 0. The Kier molecular flexibility index (Phi) is 4.48. The number of ketones is 1. The van der Waals surface area contributed by atoms with Gasteiger partial charge in [-0.05, 0) is 18.2 Å². The third-order valence-corrected chi connectivity index (χ3v) is 2.98. The van der Waals surface area contributed by atoms with E-state index in [1.807, 2.05) is 0 Å². The minimum absolute atomic E-state index is 0.127. The van der Waals surface area contributed by atoms with Crippen LogP contribution in [0.3, 0.4) is 0 Å². The zero-order valence-electron chi connectivity index (χ0n) is 10.4. The Bertz CT molecular complexity index is 644. The Balaban J connectivity index is 1.98. The maximum absolute atomic E-state index is 13.0. The van der Waals surface area contributed by atoms with Gasteiger partial charge in [0, 0.05) is 11.1 Å². The highest BCUT2D eigenvalue weighted by atomic mass is 35.5. The summed E-state index contributed by atoms with van der Waals surface area (Å²) in [5.41, 5.74) is 0.724. The highest BCUT2D eigenvalue weighted by Gasteiger charge is 2.11. The summed E-state index contributed by atoms with van der Waals surface area (Å²) in [6.07, 6.45) is 0. The molecule has 0 heterocycles. The van der Waals surface area contributed by atoms with Crippen molar-refractivity contribution in [3.05, 3.63) is 70.5 Å². The summed E-state index contributed by atoms with van der Waals surface area (Å²) in [6, 6.07) is 12.3. The molecule has 0 radical (unpaired) electrons. The van der Waals surface area contributed by atoms with Crippen LogP contribution in [-0.4, -0.2) is 18.2 Å². The van der Waals surface area contributed by atoms with Crippen molar-refractivity contribution in [2.45, 2.75) is 0 Å². The van der Waals surface area contributed by atoms with Gasteiger partial charge in [-0.25, -0.2) is 4.39 Å². The lowest BCUT2D eigenvalue weighted by molar-refractivity contribution is 0.0904. The van der Waals surface area contributed by atoms with Crippen LogP contribution in [0.5, 0.6) is 0 Å². The molecule has 20 heavy (non-hydrogen) atoms. The molecule has 0 aliphatic carbocycles. The minimum atomic E-state index is -0.594. The molecule has 0 fully saturated rings. The van der Waals surface area contributed by atoms with Gasteiger partial charge < -0.3 is 5.32 Å². The van der Waals surface area contributed by atoms with E-state index in [1.54, 1.807) is 30.3 Å². The second kappa shape index (κ2) is 6.30. The highest BCUT2D eigenvalue weighted by Crippen LogP contribution is 2.15. The second-order valence-corrected chi connectivity index (χ2v) is 4.51. The molecule has 0 saturated heterocycles. The van der Waals surface area contributed by atoms with E-state index < -0.39 is 11.7 Å². The van der Waals surface area contributed by atoms with Crippen LogP contribution in [-0.2, 0) is 0 Å². The number of carbonyl (C=O) groups is 2. The van der Waals surface area contributed by atoms with Crippen LogP contribution < -0.4 is 5.32 Å². The zero-order chi connectivity index (χ0) is 14.5. The number of Topliss-reactive ketones (excluding diaryl/α,β-unsaturated/α-hetero) is 1. The predicted octanol–water partition coefficient (Wildman–Crippen LogP) is 3.09. The molecule has 0 saturated carbocycles. The lowest BCUT2D eigenvalue weighted by atomic mass is 10.1. The van der Waals surface area contributed by atoms with Crippen molar-refractivity contribution < 1.29 is 14.0 Å². The maximum atomic E-state index is 13.0. The molecule has 0 aliphatic heterocycles. The van der Waals surface area contributed by atoms with Crippen molar-refractivity contribution >= 4 is 23.3 Å². The molecule has 0 aromatic heterocycles. The van der Waals surface area contributed by atoms with Gasteiger partial charge in [0.2, 0.25) is 0 Å². The highest BCUT2D eigenvalue weighted by molar-refractivity contribution is 6.31. The standard InChI is InChI=1S/C15H11ClFNO2/c16-12-8-11(6-7-13(12)17)15(20)18-9-14(19)10-4-2-1-3-5-10/h1-8H,9H2,(H,18,20). The van der Waals surface area contributed by atoms with E-state index in [0.29, 0.717) is 5.56 Å². The van der Waals surface area contributed by atoms with Gasteiger partial charge in [-0.2, -0.15) is 0 Å². The molecule has 3 nitrogen and oxygen atoms in total. The van der Waals surface area contributed by atoms with E-state index in [0.717, 1.165) is 6.07 Å². The molecule has 0 bridgehead atoms. The molecule has 2 rings (SSSR count). The predicted molar refractivity (Wildman–Crippen MR) is 74.5 cm³/mol. The van der Waals surface area contributed by atoms with Crippen molar-refractivity contribution in [1.29, 1.82) is 0 Å². The molecule has 102 valence electrons. The molecule has 0 aliphatic rings. The molecular weight excluding hydrogens is 281 g/mol. The van der Waals surface area contributed by atoms with Gasteiger partial charge in [0.1, 0.15) is 5.82 Å². The van der Waals surface area contributed by atoms with Crippen molar-refractivity contribution in [3.63, 3.8) is 0 Å². The van der Waals surface area contributed by atoms with Crippen LogP contribution in [0, 0.1) is 5.82 Å². The topological polar surface area (TPSA) is 46.2 Å². The SMILES string of the molecule is O=C(CNC(=O)c1ccc(F)c(Cl)c1)c1ccccc1. The van der Waals surface area contributed by atoms with E-state index in [4.69, 9.17) is 11.6 Å². The van der Waals surface area contributed by atoms with Crippen LogP contribution in [0.25, 0.3) is 0 Å². The molecular formula is C15H11ClFNO2. The first-order valence-electron chi connectivity index (χ1n) is 5.89. The van der Waals surface area contributed by atoms with Gasteiger partial charge >= 0.3 is 0 Å². The van der Waals surface area contributed by atoms with Crippen LogP contribution >= 0.6 is 11.6 Å². The molecule has 2 aromatic carbocycles. The maximum Gasteiger partial charge on any atom is 0.251 e. The van der Waals surface area contributed by atoms with Crippen molar-refractivity contribution in [2.24, 2.45) is 0 Å². The van der Waals surface area contributed by atoms with E-state index in [9.17, 15) is 14.0 Å². The largest absolute Gasteiger partial charge is 0.345 e. The summed E-state index contributed by atoms with van der Waals surface area (Å²) < 4.78 is 13.0. The van der Waals surface area contributed by atoms with Gasteiger partial charge in [-0.3, -0.25) is 9.59 Å². The molecule has 5 heteroatoms. The van der Waals surface area contributed by atoms with Crippen LogP contribution in [0.1, 0.15) is 20.7 Å². The van der Waals surface area contributed by atoms with Crippen molar-refractivity contribution in [3.8, 4) is 0 Å². The Hall–Kier alpha value is -2.20. The van der Waals surface area contributed by atoms with Crippen molar-refractivity contribution in [2.75, 3.05) is 6.54 Å². The number of carbonyl (C=O) groups excluding carboxylic acids is 2. The van der Waals surface area contributed by atoms with Crippen LogP contribution in [0.2, 0.25) is 5.02 Å². The quantitative estimate of drug-likeness (QED) is 0.880. The van der Waals surface area contributed by atoms with Crippen LogP contribution in [0.15, 0.2) is 48.5 Å². The fourth-order valence-corrected chi connectivity index (χ4v) is 1.81. The summed E-state index contributed by atoms with van der Waals surface area (Å²) in [4.78, 5) is 23.6. The van der Waals surface area contributed by atoms with E-state index >= 15 is 0 Å². The van der Waals surface area contributed by atoms with Gasteiger partial charge in [0.05, 0.1) is 11.6 Å². The molecule has 1 amide bonds. The Morgan fingerprint density at radius 2 is 1.75 bits per heavy atom. The summed E-state index contributed by atoms with van der Waals surface area (Å²) in [5, 5.41) is 2.34. The average molecular weight is 292 g/mol. The molecule has 2 aromatic rings. The van der Waals surface area contributed by atoms with E-state index in [1.165, 1.54) is 12.1 Å². The van der Waals surface area contributed by atoms with Crippen molar-refractivity contribution in [1.82, 2.24) is 5.32 Å². The fraction of sp³-hybridized carbons (Fsp3) is 0.0667. The lowest BCUT2D eigenvalue weighted by Gasteiger charge is -2.05. The first-order valence-corrected chi connectivity index (χ1v) is 6.27. The molecule has 0 atom stereocenters. The van der Waals surface area contributed by atoms with E-state index in [-0.39, 0.29) is 22.9 Å². The summed E-state index contributed by atoms with van der Waals surface area (Å²) in [5.74, 6) is -1.27. The van der Waals surface area contributed by atoms with Gasteiger partial charge in [-0.1, -0.05) is 41.9 Å². The number of hydrogen-bond acceptors (Lipinski definition) is 2. The smallest absolute Gasteiger partial charge is 0.251 e. The molecule has 0 spiro atoms. The van der Waals surface area contributed by atoms with Gasteiger partial charge in [0.15, 0.2) is 5.78 Å². The molecule has 0 unspecified atom stereocenters. The zero-order valence-corrected chi connectivity index (χ0v) is 11.2. The number of nitrogens with one attached hydrogen (secondary N) is 1. The third kappa shape index (κ3) is 3.42. The number of benzene rings is 2. The Morgan fingerprint density at radius 1 is 1.05 bits per heavy atom. The number of rotatable bonds is 4. The fourth-order valence-electron chi connectivity index (χ4n) is 1.63. The summed E-state index contributed by atoms with van der Waals surface area (Å²) >= 11 is 5.59. The minimum Gasteiger partial charge on any atom is -0.345 e. The van der Waals surface area contributed by atoms with E-state index in [2.05, 4.69) is 5.32 Å². The normalized spacial score (nSPS) is 10.1. The first kappa shape index (κ1) is 14.2. The number of hydrogen-bond donors (Lipinski definition) is 1. The Morgan fingerprint density at radius 3 is 2.40 bits per heavy atom. The second-order valence-electron chi connectivity index (χ2n) is 4.10. The summed E-state index contributed by atoms with van der Waals surface area (Å²) in [6.45, 7) is -0.127.